The van der Waals surface area contributed by atoms with Crippen LogP contribution in [0, 0.1) is 6.92 Å². The number of thiazole rings is 1. The van der Waals surface area contributed by atoms with Crippen molar-refractivity contribution in [2.75, 3.05) is 12.4 Å². The van der Waals surface area contributed by atoms with E-state index < -0.39 is 0 Å². The summed E-state index contributed by atoms with van der Waals surface area (Å²) in [6, 6.07) is 0.177. The maximum atomic E-state index is 11.7. The van der Waals surface area contributed by atoms with Crippen LogP contribution in [-0.4, -0.2) is 33.2 Å². The molecule has 7 nitrogen and oxygen atoms in total. The van der Waals surface area contributed by atoms with Gasteiger partial charge in [0.25, 0.3) is 5.91 Å². The van der Waals surface area contributed by atoms with Gasteiger partial charge < -0.3 is 4.74 Å². The SMILES string of the molecule is COc1n[nH]c(NC(=O)c2scnc2C)n1. The molecular formula is C8H9N5O2S. The van der Waals surface area contributed by atoms with Gasteiger partial charge in [-0.05, 0) is 6.92 Å². The first-order valence-electron chi connectivity index (χ1n) is 4.38. The average Bonchev–Trinajstić information content (AvgIpc) is 2.86. The summed E-state index contributed by atoms with van der Waals surface area (Å²) < 4.78 is 4.78. The van der Waals surface area contributed by atoms with Gasteiger partial charge in [-0.15, -0.1) is 16.4 Å². The van der Waals surface area contributed by atoms with Crippen molar-refractivity contribution in [3.8, 4) is 6.01 Å². The predicted molar refractivity (Wildman–Crippen MR) is 57.7 cm³/mol. The van der Waals surface area contributed by atoms with E-state index in [4.69, 9.17) is 4.74 Å². The quantitative estimate of drug-likeness (QED) is 0.827. The highest BCUT2D eigenvalue weighted by molar-refractivity contribution is 7.12. The number of aryl methyl sites for hydroxylation is 1. The van der Waals surface area contributed by atoms with E-state index in [0.29, 0.717) is 10.6 Å². The summed E-state index contributed by atoms with van der Waals surface area (Å²) in [5, 5.41) is 8.80. The number of aromatic amines is 1. The zero-order valence-corrected chi connectivity index (χ0v) is 9.46. The molecule has 0 atom stereocenters. The van der Waals surface area contributed by atoms with Crippen LogP contribution in [-0.2, 0) is 0 Å². The second-order valence-electron chi connectivity index (χ2n) is 2.89. The number of nitrogens with zero attached hydrogens (tertiary/aromatic N) is 3. The Bertz CT molecular complexity index is 506. The van der Waals surface area contributed by atoms with Gasteiger partial charge in [-0.1, -0.05) is 0 Å². The van der Waals surface area contributed by atoms with Gasteiger partial charge in [0.05, 0.1) is 18.3 Å². The number of carbonyl (C=O) groups is 1. The minimum Gasteiger partial charge on any atom is -0.466 e. The van der Waals surface area contributed by atoms with Crippen LogP contribution in [0.1, 0.15) is 15.4 Å². The lowest BCUT2D eigenvalue weighted by atomic mass is 10.4. The van der Waals surface area contributed by atoms with E-state index in [1.165, 1.54) is 18.4 Å². The first-order valence-corrected chi connectivity index (χ1v) is 5.26. The Balaban J connectivity index is 2.11. The average molecular weight is 239 g/mol. The fourth-order valence-corrected chi connectivity index (χ4v) is 1.78. The molecule has 0 saturated carbocycles. The Morgan fingerprint density at radius 3 is 3.00 bits per heavy atom. The molecule has 2 heterocycles. The van der Waals surface area contributed by atoms with Gasteiger partial charge in [0.2, 0.25) is 5.95 Å². The zero-order valence-electron chi connectivity index (χ0n) is 8.64. The molecule has 84 valence electrons. The number of amides is 1. The molecule has 0 spiro atoms. The third kappa shape index (κ3) is 2.01. The van der Waals surface area contributed by atoms with E-state index in [9.17, 15) is 4.79 Å². The molecule has 0 bridgehead atoms. The largest absolute Gasteiger partial charge is 0.466 e. The van der Waals surface area contributed by atoms with Gasteiger partial charge in [0, 0.05) is 0 Å². The molecule has 16 heavy (non-hydrogen) atoms. The van der Waals surface area contributed by atoms with Gasteiger partial charge in [-0.2, -0.15) is 4.98 Å². The van der Waals surface area contributed by atoms with Crippen molar-refractivity contribution in [2.45, 2.75) is 6.92 Å². The second kappa shape index (κ2) is 4.27. The Labute approximate surface area is 94.9 Å². The Kier molecular flexibility index (Phi) is 2.82. The minimum absolute atomic E-state index is 0.177. The monoisotopic (exact) mass is 239 g/mol. The van der Waals surface area contributed by atoms with Crippen LogP contribution in [0.25, 0.3) is 0 Å². The molecule has 2 aromatic heterocycles. The summed E-state index contributed by atoms with van der Waals surface area (Å²) in [5.41, 5.74) is 2.31. The number of anilines is 1. The van der Waals surface area contributed by atoms with Gasteiger partial charge in [-0.3, -0.25) is 10.1 Å². The first kappa shape index (κ1) is 10.6. The first-order chi connectivity index (χ1) is 7.70. The molecule has 2 aromatic rings. The van der Waals surface area contributed by atoms with E-state index in [1.54, 1.807) is 12.4 Å². The topological polar surface area (TPSA) is 92.8 Å². The maximum absolute atomic E-state index is 11.7. The summed E-state index contributed by atoms with van der Waals surface area (Å²) >= 11 is 1.27. The lowest BCUT2D eigenvalue weighted by Crippen LogP contribution is -2.12. The number of methoxy groups -OCH3 is 1. The van der Waals surface area contributed by atoms with E-state index in [0.717, 1.165) is 0 Å². The van der Waals surface area contributed by atoms with Crippen molar-refractivity contribution in [3.05, 3.63) is 16.1 Å². The number of carbonyl (C=O) groups excluding carboxylic acids is 1. The van der Waals surface area contributed by atoms with Crippen molar-refractivity contribution < 1.29 is 9.53 Å². The smallest absolute Gasteiger partial charge is 0.336 e. The van der Waals surface area contributed by atoms with Crippen LogP contribution in [0.2, 0.25) is 0 Å². The molecule has 2 N–H and O–H groups in total. The summed E-state index contributed by atoms with van der Waals surface area (Å²) in [7, 11) is 1.45. The molecule has 1 amide bonds. The highest BCUT2D eigenvalue weighted by Gasteiger charge is 2.13. The Morgan fingerprint density at radius 2 is 2.44 bits per heavy atom. The van der Waals surface area contributed by atoms with Gasteiger partial charge in [0.1, 0.15) is 4.88 Å². The van der Waals surface area contributed by atoms with Gasteiger partial charge in [0.15, 0.2) is 0 Å². The Hall–Kier alpha value is -1.96. The molecule has 0 aliphatic carbocycles. The van der Waals surface area contributed by atoms with Crippen molar-refractivity contribution in [1.29, 1.82) is 0 Å². The number of H-pyrrole nitrogens is 1. The number of hydrogen-bond acceptors (Lipinski definition) is 6. The van der Waals surface area contributed by atoms with Gasteiger partial charge in [-0.25, -0.2) is 10.1 Å². The predicted octanol–water partition coefficient (Wildman–Crippen LogP) is 0.831. The fraction of sp³-hybridized carbons (Fsp3) is 0.250. The molecule has 0 unspecified atom stereocenters. The third-order valence-electron chi connectivity index (χ3n) is 1.83. The van der Waals surface area contributed by atoms with Crippen LogP contribution in [0.5, 0.6) is 6.01 Å². The van der Waals surface area contributed by atoms with Crippen LogP contribution in [0.3, 0.4) is 0 Å². The van der Waals surface area contributed by atoms with Gasteiger partial charge >= 0.3 is 6.01 Å². The maximum Gasteiger partial charge on any atom is 0.336 e. The van der Waals surface area contributed by atoms with E-state index in [-0.39, 0.29) is 17.9 Å². The molecule has 0 radical (unpaired) electrons. The molecule has 2 rings (SSSR count). The van der Waals surface area contributed by atoms with Crippen LogP contribution < -0.4 is 10.1 Å². The molecule has 0 saturated heterocycles. The summed E-state index contributed by atoms with van der Waals surface area (Å²) in [6.45, 7) is 1.77. The molecular weight excluding hydrogens is 230 g/mol. The normalized spacial score (nSPS) is 10.1. The van der Waals surface area contributed by atoms with E-state index in [2.05, 4.69) is 25.5 Å². The number of ether oxygens (including phenoxy) is 1. The minimum atomic E-state index is -0.265. The van der Waals surface area contributed by atoms with Crippen LogP contribution >= 0.6 is 11.3 Å². The summed E-state index contributed by atoms with van der Waals surface area (Å²) in [5.74, 6) is -0.0200. The van der Waals surface area contributed by atoms with E-state index in [1.807, 2.05) is 0 Å². The number of nitrogens with one attached hydrogen (secondary N) is 2. The molecule has 0 aliphatic rings. The highest BCUT2D eigenvalue weighted by Crippen LogP contribution is 2.14. The van der Waals surface area contributed by atoms with Crippen LogP contribution in [0.15, 0.2) is 5.51 Å². The molecule has 0 fully saturated rings. The van der Waals surface area contributed by atoms with Crippen LogP contribution in [0.4, 0.5) is 5.95 Å². The lowest BCUT2D eigenvalue weighted by molar-refractivity contribution is 0.102. The standard InChI is InChI=1S/C8H9N5O2S/c1-4-5(16-3-9-4)6(14)10-7-11-8(15-2)13-12-7/h3H,1-2H3,(H2,10,11,12,13,14). The fourth-order valence-electron chi connectivity index (χ4n) is 1.08. The van der Waals surface area contributed by atoms with E-state index >= 15 is 0 Å². The Morgan fingerprint density at radius 1 is 1.62 bits per heavy atom. The van der Waals surface area contributed by atoms with Crippen molar-refractivity contribution >= 4 is 23.2 Å². The number of rotatable bonds is 3. The number of aromatic nitrogens is 4. The number of hydrogen-bond donors (Lipinski definition) is 2. The highest BCUT2D eigenvalue weighted by atomic mass is 32.1. The lowest BCUT2D eigenvalue weighted by Gasteiger charge is -1.98. The van der Waals surface area contributed by atoms with Crippen molar-refractivity contribution in [1.82, 2.24) is 20.2 Å². The van der Waals surface area contributed by atoms with Crippen molar-refractivity contribution in [3.63, 3.8) is 0 Å². The summed E-state index contributed by atoms with van der Waals surface area (Å²) in [4.78, 5) is 20.1. The molecule has 0 aromatic carbocycles. The third-order valence-corrected chi connectivity index (χ3v) is 2.76. The second-order valence-corrected chi connectivity index (χ2v) is 3.75. The molecule has 0 aliphatic heterocycles. The summed E-state index contributed by atoms with van der Waals surface area (Å²) in [6.07, 6.45) is 0. The van der Waals surface area contributed by atoms with Crippen molar-refractivity contribution in [2.24, 2.45) is 0 Å². The zero-order chi connectivity index (χ0) is 11.5. The molecule has 8 heteroatoms.